The highest BCUT2D eigenvalue weighted by Gasteiger charge is 2.41. The van der Waals surface area contributed by atoms with Crippen molar-refractivity contribution in [2.75, 3.05) is 24.5 Å². The number of nitrogens with zero attached hydrogens (tertiary/aromatic N) is 2. The molecule has 2 aliphatic rings. The van der Waals surface area contributed by atoms with E-state index in [2.05, 4.69) is 15.9 Å². The van der Waals surface area contributed by atoms with Crippen LogP contribution in [0.4, 0.5) is 5.69 Å². The van der Waals surface area contributed by atoms with Crippen LogP contribution in [0.15, 0.2) is 28.7 Å². The Morgan fingerprint density at radius 3 is 2.62 bits per heavy atom. The minimum atomic E-state index is -0.875. The van der Waals surface area contributed by atoms with E-state index in [1.54, 1.807) is 9.80 Å². The number of carboxylic acids is 1. The van der Waals surface area contributed by atoms with Gasteiger partial charge in [0.1, 0.15) is 5.92 Å². The summed E-state index contributed by atoms with van der Waals surface area (Å²) in [5, 5.41) is 9.16. The third-order valence-electron chi connectivity index (χ3n) is 4.73. The molecule has 6 nitrogen and oxygen atoms in total. The van der Waals surface area contributed by atoms with E-state index in [1.165, 1.54) is 0 Å². The van der Waals surface area contributed by atoms with E-state index < -0.39 is 17.8 Å². The summed E-state index contributed by atoms with van der Waals surface area (Å²) in [6.07, 6.45) is 1.71. The lowest BCUT2D eigenvalue weighted by atomic mass is 9.96. The number of carboxylic acid groups (broad SMARTS) is 1. The van der Waals surface area contributed by atoms with Crippen LogP contribution < -0.4 is 4.90 Å². The van der Waals surface area contributed by atoms with E-state index in [4.69, 9.17) is 5.11 Å². The number of benzene rings is 1. The quantitative estimate of drug-likeness (QED) is 0.796. The maximum absolute atomic E-state index is 12.7. The number of rotatable bonds is 3. The molecule has 0 radical (unpaired) electrons. The molecule has 24 heavy (non-hydrogen) atoms. The minimum Gasteiger partial charge on any atom is -0.481 e. The zero-order valence-electron chi connectivity index (χ0n) is 13.2. The van der Waals surface area contributed by atoms with E-state index in [0.29, 0.717) is 32.4 Å². The number of para-hydroxylation sites is 1. The summed E-state index contributed by atoms with van der Waals surface area (Å²) in [5.41, 5.74) is 0.764. The minimum absolute atomic E-state index is 0.201. The highest BCUT2D eigenvalue weighted by molar-refractivity contribution is 9.10. The molecule has 1 aromatic carbocycles. The van der Waals surface area contributed by atoms with Crippen LogP contribution >= 0.6 is 15.9 Å². The van der Waals surface area contributed by atoms with Gasteiger partial charge < -0.3 is 14.9 Å². The number of likely N-dealkylation sites (tertiary alicyclic amines) is 1. The molecule has 2 atom stereocenters. The molecular formula is C17H19BrN2O4. The second kappa shape index (κ2) is 6.93. The van der Waals surface area contributed by atoms with Gasteiger partial charge in [-0.2, -0.15) is 0 Å². The molecule has 2 amide bonds. The van der Waals surface area contributed by atoms with Crippen molar-refractivity contribution in [1.29, 1.82) is 0 Å². The van der Waals surface area contributed by atoms with Crippen LogP contribution in [0, 0.1) is 11.8 Å². The first-order valence-electron chi connectivity index (χ1n) is 8.06. The summed E-state index contributed by atoms with van der Waals surface area (Å²) in [6.45, 7) is 1.22. The summed E-state index contributed by atoms with van der Waals surface area (Å²) < 4.78 is 0.815. The van der Waals surface area contributed by atoms with Gasteiger partial charge in [0.25, 0.3) is 0 Å². The molecule has 7 heteroatoms. The van der Waals surface area contributed by atoms with Crippen LogP contribution in [-0.4, -0.2) is 47.4 Å². The van der Waals surface area contributed by atoms with Crippen molar-refractivity contribution in [3.05, 3.63) is 28.7 Å². The van der Waals surface area contributed by atoms with Crippen molar-refractivity contribution in [2.45, 2.75) is 19.3 Å². The summed E-state index contributed by atoms with van der Waals surface area (Å²) in [6, 6.07) is 7.43. The third kappa shape index (κ3) is 3.17. The fraction of sp³-hybridized carbons (Fsp3) is 0.471. The molecule has 3 rings (SSSR count). The van der Waals surface area contributed by atoms with Crippen molar-refractivity contribution < 1.29 is 19.5 Å². The Morgan fingerprint density at radius 2 is 1.92 bits per heavy atom. The average molecular weight is 395 g/mol. The molecule has 0 aliphatic carbocycles. The van der Waals surface area contributed by atoms with Crippen molar-refractivity contribution >= 4 is 39.4 Å². The van der Waals surface area contributed by atoms with Crippen LogP contribution in [0.3, 0.4) is 0 Å². The number of hydrogen-bond acceptors (Lipinski definition) is 3. The summed E-state index contributed by atoms with van der Waals surface area (Å²) in [5.74, 6) is -2.55. The first-order valence-corrected chi connectivity index (χ1v) is 8.86. The normalized spacial score (nSPS) is 24.3. The number of halogens is 1. The highest BCUT2D eigenvalue weighted by Crippen LogP contribution is 2.32. The van der Waals surface area contributed by atoms with Crippen molar-refractivity contribution in [3.63, 3.8) is 0 Å². The Labute approximate surface area is 148 Å². The van der Waals surface area contributed by atoms with E-state index in [0.717, 1.165) is 10.2 Å². The molecule has 2 aliphatic heterocycles. The topological polar surface area (TPSA) is 77.9 Å². The van der Waals surface area contributed by atoms with E-state index in [-0.39, 0.29) is 18.4 Å². The molecule has 0 saturated carbocycles. The van der Waals surface area contributed by atoms with E-state index in [1.807, 2.05) is 24.3 Å². The molecule has 0 aromatic heterocycles. The standard InChI is InChI=1S/C17H19BrN2O4/c18-13-5-1-2-6-14(13)20-9-7-12(16(20)22)15(21)19-8-3-4-11(10-19)17(23)24/h1-2,5-6,11-12H,3-4,7-10H2,(H,23,24). The predicted octanol–water partition coefficient (Wildman–Crippen LogP) is 2.13. The van der Waals surface area contributed by atoms with Gasteiger partial charge in [0.05, 0.1) is 11.6 Å². The summed E-state index contributed by atoms with van der Waals surface area (Å²) in [7, 11) is 0. The average Bonchev–Trinajstić information content (AvgIpc) is 2.96. The molecule has 2 saturated heterocycles. The molecular weight excluding hydrogens is 376 g/mol. The maximum Gasteiger partial charge on any atom is 0.308 e. The Morgan fingerprint density at radius 1 is 1.17 bits per heavy atom. The van der Waals surface area contributed by atoms with Gasteiger partial charge in [-0.25, -0.2) is 0 Å². The van der Waals surface area contributed by atoms with Gasteiger partial charge in [0.2, 0.25) is 11.8 Å². The van der Waals surface area contributed by atoms with E-state index in [9.17, 15) is 14.4 Å². The van der Waals surface area contributed by atoms with Crippen LogP contribution in [-0.2, 0) is 14.4 Å². The second-order valence-corrected chi connectivity index (χ2v) is 7.10. The van der Waals surface area contributed by atoms with Gasteiger partial charge in [0.15, 0.2) is 0 Å². The molecule has 0 spiro atoms. The number of anilines is 1. The molecule has 2 unspecified atom stereocenters. The molecule has 1 N–H and O–H groups in total. The van der Waals surface area contributed by atoms with Gasteiger partial charge in [0, 0.05) is 24.1 Å². The van der Waals surface area contributed by atoms with Gasteiger partial charge in [-0.15, -0.1) is 0 Å². The third-order valence-corrected chi connectivity index (χ3v) is 5.40. The Balaban J connectivity index is 1.72. The number of carbonyl (C=O) groups excluding carboxylic acids is 2. The molecule has 2 heterocycles. The van der Waals surface area contributed by atoms with Crippen molar-refractivity contribution in [3.8, 4) is 0 Å². The van der Waals surface area contributed by atoms with Crippen LogP contribution in [0.1, 0.15) is 19.3 Å². The van der Waals surface area contributed by atoms with Gasteiger partial charge in [-0.05, 0) is 47.3 Å². The number of piperidine rings is 1. The van der Waals surface area contributed by atoms with Crippen LogP contribution in [0.25, 0.3) is 0 Å². The maximum atomic E-state index is 12.7. The SMILES string of the molecule is O=C(O)C1CCCN(C(=O)C2CCN(c3ccccc3Br)C2=O)C1. The Hall–Kier alpha value is -1.89. The monoisotopic (exact) mass is 394 g/mol. The van der Waals surface area contributed by atoms with Crippen molar-refractivity contribution in [2.24, 2.45) is 11.8 Å². The molecule has 1 aromatic rings. The first-order chi connectivity index (χ1) is 11.5. The Bertz CT molecular complexity index is 678. The van der Waals surface area contributed by atoms with Gasteiger partial charge in [-0.3, -0.25) is 14.4 Å². The van der Waals surface area contributed by atoms with Gasteiger partial charge >= 0.3 is 5.97 Å². The number of aliphatic carboxylic acids is 1. The fourth-order valence-corrected chi connectivity index (χ4v) is 3.92. The fourth-order valence-electron chi connectivity index (χ4n) is 3.42. The number of carbonyl (C=O) groups is 3. The largest absolute Gasteiger partial charge is 0.481 e. The highest BCUT2D eigenvalue weighted by atomic mass is 79.9. The summed E-state index contributed by atoms with van der Waals surface area (Å²) in [4.78, 5) is 39.8. The lowest BCUT2D eigenvalue weighted by Crippen LogP contribution is -2.46. The smallest absolute Gasteiger partial charge is 0.308 e. The van der Waals surface area contributed by atoms with Crippen LogP contribution in [0.2, 0.25) is 0 Å². The summed E-state index contributed by atoms with van der Waals surface area (Å²) >= 11 is 3.44. The number of hydrogen-bond donors (Lipinski definition) is 1. The molecule has 0 bridgehead atoms. The molecule has 128 valence electrons. The van der Waals surface area contributed by atoms with Crippen molar-refractivity contribution in [1.82, 2.24) is 4.90 Å². The lowest BCUT2D eigenvalue weighted by molar-refractivity contribution is -0.147. The second-order valence-electron chi connectivity index (χ2n) is 6.24. The predicted molar refractivity (Wildman–Crippen MR) is 91.5 cm³/mol. The van der Waals surface area contributed by atoms with Crippen LogP contribution in [0.5, 0.6) is 0 Å². The zero-order chi connectivity index (χ0) is 17.3. The number of amides is 2. The first kappa shape index (κ1) is 17.0. The van der Waals surface area contributed by atoms with Gasteiger partial charge in [-0.1, -0.05) is 12.1 Å². The Kier molecular flexibility index (Phi) is 4.89. The molecule has 2 fully saturated rings. The van der Waals surface area contributed by atoms with E-state index >= 15 is 0 Å². The zero-order valence-corrected chi connectivity index (χ0v) is 14.7. The lowest BCUT2D eigenvalue weighted by Gasteiger charge is -2.32.